The van der Waals surface area contributed by atoms with Gasteiger partial charge in [-0.15, -0.1) is 11.3 Å². The van der Waals surface area contributed by atoms with E-state index in [0.29, 0.717) is 0 Å². The highest BCUT2D eigenvalue weighted by molar-refractivity contribution is 7.25. The quantitative estimate of drug-likeness (QED) is 0.179. The van der Waals surface area contributed by atoms with Crippen LogP contribution in [0.25, 0.3) is 74.7 Å². The lowest BCUT2D eigenvalue weighted by molar-refractivity contribution is 1.30. The second-order valence-electron chi connectivity index (χ2n) is 13.0. The Labute approximate surface area is 294 Å². The first kappa shape index (κ1) is 28.8. The van der Waals surface area contributed by atoms with Crippen molar-refractivity contribution in [2.45, 2.75) is 0 Å². The summed E-state index contributed by atoms with van der Waals surface area (Å²) in [6, 6.07) is 68.9. The van der Waals surface area contributed by atoms with E-state index in [1.165, 1.54) is 74.7 Å². The number of benzene rings is 9. The molecule has 1 nitrogen and oxygen atoms in total. The van der Waals surface area contributed by atoms with Gasteiger partial charge in [0.2, 0.25) is 0 Å². The van der Waals surface area contributed by atoms with Gasteiger partial charge in [0.15, 0.2) is 0 Å². The van der Waals surface area contributed by atoms with Crippen LogP contribution in [0, 0.1) is 0 Å². The van der Waals surface area contributed by atoms with Crippen molar-refractivity contribution in [2.75, 3.05) is 4.90 Å². The topological polar surface area (TPSA) is 3.24 Å². The van der Waals surface area contributed by atoms with Crippen LogP contribution >= 0.6 is 11.3 Å². The van der Waals surface area contributed by atoms with Gasteiger partial charge in [-0.1, -0.05) is 127 Å². The lowest BCUT2D eigenvalue weighted by Gasteiger charge is -2.27. The summed E-state index contributed by atoms with van der Waals surface area (Å²) in [7, 11) is 0. The molecule has 1 heterocycles. The van der Waals surface area contributed by atoms with Crippen molar-refractivity contribution in [1.29, 1.82) is 0 Å². The zero-order chi connectivity index (χ0) is 33.0. The third kappa shape index (κ3) is 4.92. The number of fused-ring (bicyclic) bond motifs is 6. The highest BCUT2D eigenvalue weighted by Gasteiger charge is 2.18. The van der Waals surface area contributed by atoms with Crippen LogP contribution in [0.1, 0.15) is 0 Å². The third-order valence-electron chi connectivity index (χ3n) is 9.99. The van der Waals surface area contributed by atoms with Crippen LogP contribution in [0.5, 0.6) is 0 Å². The second kappa shape index (κ2) is 11.7. The predicted molar refractivity (Wildman–Crippen MR) is 217 cm³/mol. The molecule has 0 radical (unpaired) electrons. The third-order valence-corrected chi connectivity index (χ3v) is 11.1. The molecule has 234 valence electrons. The van der Waals surface area contributed by atoms with Gasteiger partial charge in [0.1, 0.15) is 0 Å². The fourth-order valence-corrected chi connectivity index (χ4v) is 8.57. The van der Waals surface area contributed by atoms with Crippen molar-refractivity contribution in [3.63, 3.8) is 0 Å². The first-order chi connectivity index (χ1) is 24.7. The fourth-order valence-electron chi connectivity index (χ4n) is 7.48. The van der Waals surface area contributed by atoms with E-state index in [-0.39, 0.29) is 0 Å². The fraction of sp³-hybridized carbons (Fsp3) is 0. The van der Waals surface area contributed by atoms with E-state index in [4.69, 9.17) is 0 Å². The number of hydrogen-bond donors (Lipinski definition) is 0. The van der Waals surface area contributed by atoms with Crippen molar-refractivity contribution in [2.24, 2.45) is 0 Å². The van der Waals surface area contributed by atoms with Gasteiger partial charge in [0, 0.05) is 36.9 Å². The van der Waals surface area contributed by atoms with Crippen molar-refractivity contribution >= 4 is 80.9 Å². The summed E-state index contributed by atoms with van der Waals surface area (Å²) >= 11 is 1.86. The predicted octanol–water partition coefficient (Wildman–Crippen LogP) is 14.3. The molecule has 10 aromatic rings. The Morgan fingerprint density at radius 2 is 0.860 bits per heavy atom. The SMILES string of the molecule is c1cc(-c2ccc3ccc(-c4ccc5ccccc5c4)cc3c2)cc(N(c2ccc3sc4ccccc4c3c2)c2cccc3ccccc23)c1. The lowest BCUT2D eigenvalue weighted by Crippen LogP contribution is -2.10. The highest BCUT2D eigenvalue weighted by atomic mass is 32.1. The Kier molecular flexibility index (Phi) is 6.75. The van der Waals surface area contributed by atoms with Crippen LogP contribution in [0.2, 0.25) is 0 Å². The van der Waals surface area contributed by atoms with E-state index in [2.05, 4.69) is 193 Å². The van der Waals surface area contributed by atoms with Crippen molar-refractivity contribution in [3.8, 4) is 22.3 Å². The van der Waals surface area contributed by atoms with Crippen LogP contribution in [0.3, 0.4) is 0 Å². The maximum Gasteiger partial charge on any atom is 0.0540 e. The molecule has 0 bridgehead atoms. The van der Waals surface area contributed by atoms with E-state index in [9.17, 15) is 0 Å². The summed E-state index contributed by atoms with van der Waals surface area (Å²) in [5, 5.41) is 10.1. The summed E-state index contributed by atoms with van der Waals surface area (Å²) in [5.74, 6) is 0. The molecule has 0 saturated carbocycles. The second-order valence-corrected chi connectivity index (χ2v) is 14.1. The van der Waals surface area contributed by atoms with Gasteiger partial charge in [-0.2, -0.15) is 0 Å². The van der Waals surface area contributed by atoms with Gasteiger partial charge in [-0.25, -0.2) is 0 Å². The molecule has 50 heavy (non-hydrogen) atoms. The number of hydrogen-bond acceptors (Lipinski definition) is 2. The van der Waals surface area contributed by atoms with E-state index in [1.54, 1.807) is 0 Å². The van der Waals surface area contributed by atoms with Crippen LogP contribution in [-0.4, -0.2) is 0 Å². The minimum atomic E-state index is 1.13. The molecule has 1 aromatic heterocycles. The molecule has 0 amide bonds. The molecule has 2 heteroatoms. The van der Waals surface area contributed by atoms with Gasteiger partial charge in [-0.05, 0) is 110 Å². The van der Waals surface area contributed by atoms with E-state index in [1.807, 2.05) is 11.3 Å². The Bertz CT molecular complexity index is 2890. The van der Waals surface area contributed by atoms with Gasteiger partial charge in [0.25, 0.3) is 0 Å². The largest absolute Gasteiger partial charge is 0.310 e. The zero-order valence-electron chi connectivity index (χ0n) is 27.3. The maximum atomic E-state index is 2.43. The number of nitrogens with zero attached hydrogens (tertiary/aromatic N) is 1. The zero-order valence-corrected chi connectivity index (χ0v) is 28.1. The summed E-state index contributed by atoms with van der Waals surface area (Å²) < 4.78 is 2.62. The molecule has 10 rings (SSSR count). The normalized spacial score (nSPS) is 11.6. The van der Waals surface area contributed by atoms with E-state index < -0.39 is 0 Å². The molecule has 9 aromatic carbocycles. The summed E-state index contributed by atoms with van der Waals surface area (Å²) in [6.45, 7) is 0. The Morgan fingerprint density at radius 1 is 0.300 bits per heavy atom. The van der Waals surface area contributed by atoms with Crippen LogP contribution < -0.4 is 4.90 Å². The molecule has 0 saturated heterocycles. The maximum absolute atomic E-state index is 2.43. The minimum Gasteiger partial charge on any atom is -0.310 e. The van der Waals surface area contributed by atoms with Gasteiger partial charge in [-0.3, -0.25) is 0 Å². The monoisotopic (exact) mass is 653 g/mol. The van der Waals surface area contributed by atoms with Crippen LogP contribution in [-0.2, 0) is 0 Å². The Morgan fingerprint density at radius 3 is 1.66 bits per heavy atom. The molecule has 0 aliphatic heterocycles. The summed E-state index contributed by atoms with van der Waals surface area (Å²) in [4.78, 5) is 2.43. The standard InChI is InChI=1S/C48H31NS/c1-2-11-35-27-37(22-19-32(35)9-1)39-24-21-33-20-23-38(28-40(33)29-39)36-13-7-14-41(30-36)49(46-17-8-12-34-10-3-4-15-43(34)46)42-25-26-48-45(31-42)44-16-5-6-18-47(44)50-48/h1-31H. The number of anilines is 3. The first-order valence-corrected chi connectivity index (χ1v) is 17.9. The van der Waals surface area contributed by atoms with Crippen LogP contribution in [0.4, 0.5) is 17.1 Å². The van der Waals surface area contributed by atoms with Crippen molar-refractivity contribution in [1.82, 2.24) is 0 Å². The molecular weight excluding hydrogens is 623 g/mol. The Balaban J connectivity index is 1.11. The lowest BCUT2D eigenvalue weighted by atomic mass is 9.96. The molecule has 0 aliphatic carbocycles. The van der Waals surface area contributed by atoms with E-state index >= 15 is 0 Å². The molecule has 0 atom stereocenters. The average Bonchev–Trinajstić information content (AvgIpc) is 3.56. The summed E-state index contributed by atoms with van der Waals surface area (Å²) in [6.07, 6.45) is 0. The number of thiophene rings is 1. The molecule has 0 N–H and O–H groups in total. The minimum absolute atomic E-state index is 1.13. The average molecular weight is 654 g/mol. The Hall–Kier alpha value is -6.22. The van der Waals surface area contributed by atoms with Gasteiger partial charge >= 0.3 is 0 Å². The molecule has 0 aliphatic rings. The van der Waals surface area contributed by atoms with Crippen LogP contribution in [0.15, 0.2) is 188 Å². The summed E-state index contributed by atoms with van der Waals surface area (Å²) in [5.41, 5.74) is 8.29. The van der Waals surface area contributed by atoms with Crippen molar-refractivity contribution in [3.05, 3.63) is 188 Å². The van der Waals surface area contributed by atoms with E-state index in [0.717, 1.165) is 17.1 Å². The molecule has 0 unspecified atom stereocenters. The van der Waals surface area contributed by atoms with Crippen molar-refractivity contribution < 1.29 is 0 Å². The molecule has 0 fully saturated rings. The van der Waals surface area contributed by atoms with Gasteiger partial charge < -0.3 is 4.90 Å². The van der Waals surface area contributed by atoms with Gasteiger partial charge in [0.05, 0.1) is 5.69 Å². The smallest absolute Gasteiger partial charge is 0.0540 e. The number of rotatable bonds is 5. The highest BCUT2D eigenvalue weighted by Crippen LogP contribution is 2.43. The first-order valence-electron chi connectivity index (χ1n) is 17.1. The molecular formula is C48H31NS. The molecule has 0 spiro atoms.